The Labute approximate surface area is 186 Å². The number of phenolic OH excluding ortho intramolecular Hbond substituents is 1. The molecule has 0 bridgehead atoms. The van der Waals surface area contributed by atoms with E-state index < -0.39 is 41.1 Å². The van der Waals surface area contributed by atoms with Crippen molar-refractivity contribution in [1.82, 2.24) is 9.88 Å². The molecule has 3 N–H and O–H groups in total. The standard InChI is InChI=1S/C22H19ClF2N2O5/c1-10(21(31)26-7-6-16(28)29)17-11(2)27(22(32)12-4-3-5-13(23)8-12)15-9-14(24)20(30)19(25)18(15)17/h3-5,8-10,30H,6-7H2,1-2H3,(H,26,31)(H,28,29)/t10-/m0/s1. The van der Waals surface area contributed by atoms with E-state index in [1.54, 1.807) is 12.1 Å². The van der Waals surface area contributed by atoms with Gasteiger partial charge in [-0.3, -0.25) is 19.0 Å². The van der Waals surface area contributed by atoms with Gasteiger partial charge in [0, 0.05) is 34.3 Å². The molecule has 0 unspecified atom stereocenters. The maximum atomic E-state index is 15.0. The fourth-order valence-electron chi connectivity index (χ4n) is 3.63. The Morgan fingerprint density at radius 3 is 2.53 bits per heavy atom. The maximum Gasteiger partial charge on any atom is 0.305 e. The second-order valence-corrected chi connectivity index (χ2v) is 7.66. The molecule has 0 saturated heterocycles. The first-order valence-corrected chi connectivity index (χ1v) is 9.94. The molecule has 1 heterocycles. The average Bonchev–Trinajstić information content (AvgIpc) is 3.02. The lowest BCUT2D eigenvalue weighted by Gasteiger charge is -2.13. The van der Waals surface area contributed by atoms with Gasteiger partial charge in [0.1, 0.15) is 0 Å². The summed E-state index contributed by atoms with van der Waals surface area (Å²) in [6.07, 6.45) is -0.313. The molecule has 1 amide bonds. The molecular weight excluding hydrogens is 446 g/mol. The zero-order valence-electron chi connectivity index (χ0n) is 17.1. The Balaban J connectivity index is 2.20. The number of carboxylic acid groups (broad SMARTS) is 1. The number of carbonyl (C=O) groups is 3. The van der Waals surface area contributed by atoms with Crippen molar-refractivity contribution < 1.29 is 33.4 Å². The normalized spacial score (nSPS) is 12.0. The van der Waals surface area contributed by atoms with Gasteiger partial charge in [-0.05, 0) is 37.6 Å². The summed E-state index contributed by atoms with van der Waals surface area (Å²) in [5, 5.41) is 21.0. The molecule has 168 valence electrons. The number of halogens is 3. The molecule has 0 spiro atoms. The number of phenols is 1. The van der Waals surface area contributed by atoms with Crippen molar-refractivity contribution in [3.8, 4) is 5.75 Å². The van der Waals surface area contributed by atoms with Gasteiger partial charge in [0.15, 0.2) is 17.4 Å². The highest BCUT2D eigenvalue weighted by Gasteiger charge is 2.30. The van der Waals surface area contributed by atoms with Crippen LogP contribution in [0.1, 0.15) is 40.9 Å². The fraction of sp³-hybridized carbons (Fsp3) is 0.227. The minimum Gasteiger partial charge on any atom is -0.503 e. The van der Waals surface area contributed by atoms with Crippen LogP contribution in [-0.2, 0) is 9.59 Å². The molecule has 0 saturated carbocycles. The van der Waals surface area contributed by atoms with Crippen molar-refractivity contribution in [2.75, 3.05) is 6.54 Å². The molecular formula is C22H19ClF2N2O5. The number of benzene rings is 2. The molecule has 32 heavy (non-hydrogen) atoms. The smallest absolute Gasteiger partial charge is 0.305 e. The van der Waals surface area contributed by atoms with Crippen LogP contribution in [0.3, 0.4) is 0 Å². The number of aromatic nitrogens is 1. The largest absolute Gasteiger partial charge is 0.503 e. The Morgan fingerprint density at radius 1 is 1.22 bits per heavy atom. The first-order chi connectivity index (χ1) is 15.0. The Morgan fingerprint density at radius 2 is 1.91 bits per heavy atom. The quantitative estimate of drug-likeness (QED) is 0.511. The van der Waals surface area contributed by atoms with Crippen LogP contribution in [0.2, 0.25) is 5.02 Å². The maximum absolute atomic E-state index is 15.0. The summed E-state index contributed by atoms with van der Waals surface area (Å²) in [6.45, 7) is 2.75. The number of carboxylic acids is 1. The molecule has 0 aliphatic heterocycles. The minimum atomic E-state index is -1.30. The predicted octanol–water partition coefficient (Wildman–Crippen LogP) is 3.97. The van der Waals surface area contributed by atoms with Gasteiger partial charge in [-0.1, -0.05) is 17.7 Å². The van der Waals surface area contributed by atoms with Crippen molar-refractivity contribution >= 4 is 40.3 Å². The van der Waals surface area contributed by atoms with Crippen LogP contribution in [0, 0.1) is 18.6 Å². The van der Waals surface area contributed by atoms with Gasteiger partial charge < -0.3 is 15.5 Å². The summed E-state index contributed by atoms with van der Waals surface area (Å²) in [5.74, 6) is -7.21. The van der Waals surface area contributed by atoms with Gasteiger partial charge in [-0.2, -0.15) is 0 Å². The molecule has 3 aromatic rings. The summed E-state index contributed by atoms with van der Waals surface area (Å²) in [5.41, 5.74) is 0.211. The third-order valence-electron chi connectivity index (χ3n) is 5.15. The number of hydrogen-bond acceptors (Lipinski definition) is 4. The number of fused-ring (bicyclic) bond motifs is 1. The number of rotatable bonds is 6. The third-order valence-corrected chi connectivity index (χ3v) is 5.38. The number of nitrogens with one attached hydrogen (secondary N) is 1. The predicted molar refractivity (Wildman–Crippen MR) is 113 cm³/mol. The van der Waals surface area contributed by atoms with Crippen LogP contribution < -0.4 is 5.32 Å². The molecule has 7 nitrogen and oxygen atoms in total. The van der Waals surface area contributed by atoms with Crippen molar-refractivity contribution in [1.29, 1.82) is 0 Å². The highest BCUT2D eigenvalue weighted by molar-refractivity contribution is 6.31. The molecule has 0 fully saturated rings. The Bertz CT molecular complexity index is 1260. The van der Waals surface area contributed by atoms with Crippen LogP contribution >= 0.6 is 11.6 Å². The minimum absolute atomic E-state index is 0.0657. The molecule has 0 radical (unpaired) electrons. The van der Waals surface area contributed by atoms with E-state index in [2.05, 4.69) is 5.32 Å². The van der Waals surface area contributed by atoms with E-state index in [4.69, 9.17) is 16.7 Å². The third kappa shape index (κ3) is 4.16. The van der Waals surface area contributed by atoms with Gasteiger partial charge in [-0.25, -0.2) is 8.78 Å². The van der Waals surface area contributed by atoms with Gasteiger partial charge in [-0.15, -0.1) is 0 Å². The van der Waals surface area contributed by atoms with E-state index >= 15 is 0 Å². The summed E-state index contributed by atoms with van der Waals surface area (Å²) in [4.78, 5) is 36.5. The zero-order valence-corrected chi connectivity index (χ0v) is 17.8. The second-order valence-electron chi connectivity index (χ2n) is 7.22. The van der Waals surface area contributed by atoms with Gasteiger partial charge >= 0.3 is 5.97 Å². The number of hydrogen-bond donors (Lipinski definition) is 3. The van der Waals surface area contributed by atoms with Crippen molar-refractivity contribution in [3.63, 3.8) is 0 Å². The summed E-state index contributed by atoms with van der Waals surface area (Å²) in [6, 6.07) is 6.80. The number of nitrogens with zero attached hydrogens (tertiary/aromatic N) is 1. The molecule has 0 aliphatic rings. The first-order valence-electron chi connectivity index (χ1n) is 9.56. The van der Waals surface area contributed by atoms with Gasteiger partial charge in [0.25, 0.3) is 5.91 Å². The van der Waals surface area contributed by atoms with E-state index in [9.17, 15) is 28.3 Å². The van der Waals surface area contributed by atoms with Crippen LogP contribution in [0.4, 0.5) is 8.78 Å². The van der Waals surface area contributed by atoms with Crippen LogP contribution in [0.5, 0.6) is 5.75 Å². The SMILES string of the molecule is Cc1c([C@H](C)C(=O)NCCC(=O)O)c2c(F)c(O)c(F)cc2n1C(=O)c1cccc(Cl)c1. The first kappa shape index (κ1) is 23.2. The zero-order chi connectivity index (χ0) is 23.7. The summed E-state index contributed by atoms with van der Waals surface area (Å²) < 4.78 is 30.2. The Kier molecular flexibility index (Phi) is 6.50. The second kappa shape index (κ2) is 8.96. The van der Waals surface area contributed by atoms with E-state index in [1.807, 2.05) is 0 Å². The van der Waals surface area contributed by atoms with Crippen molar-refractivity contribution in [2.24, 2.45) is 0 Å². The topological polar surface area (TPSA) is 109 Å². The fourth-order valence-corrected chi connectivity index (χ4v) is 3.82. The van der Waals surface area contributed by atoms with Crippen LogP contribution in [-0.4, -0.2) is 39.1 Å². The van der Waals surface area contributed by atoms with E-state index in [-0.39, 0.29) is 45.7 Å². The lowest BCUT2D eigenvalue weighted by Crippen LogP contribution is -2.30. The lowest BCUT2D eigenvalue weighted by atomic mass is 9.96. The number of aliphatic carboxylic acids is 1. The highest BCUT2D eigenvalue weighted by atomic mass is 35.5. The van der Waals surface area contributed by atoms with E-state index in [1.165, 1.54) is 26.0 Å². The molecule has 3 rings (SSSR count). The summed E-state index contributed by atoms with van der Waals surface area (Å²) >= 11 is 5.96. The Hall–Kier alpha value is -3.46. The summed E-state index contributed by atoms with van der Waals surface area (Å²) in [7, 11) is 0. The highest BCUT2D eigenvalue weighted by Crippen LogP contribution is 2.38. The number of carbonyl (C=O) groups excluding carboxylic acids is 2. The molecule has 10 heteroatoms. The molecule has 1 atom stereocenters. The average molecular weight is 465 g/mol. The lowest BCUT2D eigenvalue weighted by molar-refractivity contribution is -0.136. The van der Waals surface area contributed by atoms with Gasteiger partial charge in [0.05, 0.1) is 17.9 Å². The van der Waals surface area contributed by atoms with Crippen LogP contribution in [0.25, 0.3) is 10.9 Å². The van der Waals surface area contributed by atoms with Crippen molar-refractivity contribution in [3.05, 3.63) is 63.8 Å². The van der Waals surface area contributed by atoms with Crippen LogP contribution in [0.15, 0.2) is 30.3 Å². The molecule has 0 aliphatic carbocycles. The number of aromatic hydroxyl groups is 1. The van der Waals surface area contributed by atoms with Gasteiger partial charge in [0.2, 0.25) is 5.91 Å². The van der Waals surface area contributed by atoms with E-state index in [0.717, 1.165) is 10.6 Å². The van der Waals surface area contributed by atoms with Crippen molar-refractivity contribution in [2.45, 2.75) is 26.2 Å². The monoisotopic (exact) mass is 464 g/mol. The molecule has 2 aromatic carbocycles. The van der Waals surface area contributed by atoms with E-state index in [0.29, 0.717) is 0 Å². The number of amides is 1. The molecule has 1 aromatic heterocycles.